The lowest BCUT2D eigenvalue weighted by Crippen LogP contribution is -2.49. The Kier molecular flexibility index (Phi) is 4.12. The maximum Gasteiger partial charge on any atom is 0.250 e. The Bertz CT molecular complexity index is 722. The number of carbonyl (C=O) groups is 1. The summed E-state index contributed by atoms with van der Waals surface area (Å²) in [4.78, 5) is 14.9. The van der Waals surface area contributed by atoms with Gasteiger partial charge in [0, 0.05) is 0 Å². The minimum Gasteiger partial charge on any atom is -0.372 e. The minimum atomic E-state index is -0.173. The van der Waals surface area contributed by atoms with Crippen molar-refractivity contribution in [1.29, 1.82) is 0 Å². The van der Waals surface area contributed by atoms with Crippen LogP contribution < -0.4 is 10.2 Å². The summed E-state index contributed by atoms with van der Waals surface area (Å²) in [6, 6.07) is 14.3. The maximum atomic E-state index is 13.0. The summed E-state index contributed by atoms with van der Waals surface area (Å²) in [7, 11) is 0. The molecule has 3 rings (SSSR count). The lowest BCUT2D eigenvalue weighted by Gasteiger charge is -2.37. The Morgan fingerprint density at radius 2 is 1.74 bits per heavy atom. The van der Waals surface area contributed by atoms with Crippen molar-refractivity contribution in [2.45, 2.75) is 40.3 Å². The molecule has 1 atom stereocenters. The highest BCUT2D eigenvalue weighted by Crippen LogP contribution is 2.36. The van der Waals surface area contributed by atoms with Gasteiger partial charge < -0.3 is 10.2 Å². The first-order valence-electron chi connectivity index (χ1n) is 8.20. The molecule has 0 saturated heterocycles. The summed E-state index contributed by atoms with van der Waals surface area (Å²) in [6.07, 6.45) is 0. The molecular formula is C20H24N2O. The van der Waals surface area contributed by atoms with Crippen LogP contribution in [0.4, 0.5) is 11.4 Å². The van der Waals surface area contributed by atoms with Gasteiger partial charge in [-0.3, -0.25) is 4.79 Å². The van der Waals surface area contributed by atoms with E-state index >= 15 is 0 Å². The van der Waals surface area contributed by atoms with Crippen molar-refractivity contribution in [3.8, 4) is 0 Å². The van der Waals surface area contributed by atoms with E-state index in [1.807, 2.05) is 23.1 Å². The Hall–Kier alpha value is -2.29. The van der Waals surface area contributed by atoms with Crippen LogP contribution in [0, 0.1) is 19.8 Å². The molecule has 0 saturated carbocycles. The third-order valence-corrected chi connectivity index (χ3v) is 4.60. The molecule has 1 unspecified atom stereocenters. The second kappa shape index (κ2) is 6.07. The molecule has 2 aromatic rings. The zero-order valence-electron chi connectivity index (χ0n) is 14.3. The summed E-state index contributed by atoms with van der Waals surface area (Å²) in [5.41, 5.74) is 5.64. The lowest BCUT2D eigenvalue weighted by atomic mass is 9.96. The van der Waals surface area contributed by atoms with Crippen molar-refractivity contribution in [1.82, 2.24) is 0 Å². The van der Waals surface area contributed by atoms with Crippen LogP contribution >= 0.6 is 0 Å². The molecule has 3 heteroatoms. The van der Waals surface area contributed by atoms with Gasteiger partial charge in [-0.25, -0.2) is 0 Å². The van der Waals surface area contributed by atoms with E-state index in [4.69, 9.17) is 0 Å². The molecule has 120 valence electrons. The average molecular weight is 308 g/mol. The number of hydrogen-bond donors (Lipinski definition) is 1. The van der Waals surface area contributed by atoms with Gasteiger partial charge in [-0.05, 0) is 48.6 Å². The van der Waals surface area contributed by atoms with Gasteiger partial charge in [0.2, 0.25) is 5.91 Å². The van der Waals surface area contributed by atoms with Crippen LogP contribution in [0.5, 0.6) is 0 Å². The molecule has 0 radical (unpaired) electrons. The molecule has 0 aliphatic carbocycles. The molecule has 1 aliphatic rings. The number of aryl methyl sites for hydroxylation is 2. The summed E-state index contributed by atoms with van der Waals surface area (Å²) in [6.45, 7) is 8.99. The molecule has 1 amide bonds. The van der Waals surface area contributed by atoms with Gasteiger partial charge in [-0.15, -0.1) is 0 Å². The largest absolute Gasteiger partial charge is 0.372 e. The monoisotopic (exact) mass is 308 g/mol. The molecule has 0 aromatic heterocycles. The van der Waals surface area contributed by atoms with Crippen LogP contribution in [-0.4, -0.2) is 11.9 Å². The number of benzene rings is 2. The van der Waals surface area contributed by atoms with Gasteiger partial charge in [0.25, 0.3) is 0 Å². The fourth-order valence-corrected chi connectivity index (χ4v) is 3.04. The molecule has 0 bridgehead atoms. The highest BCUT2D eigenvalue weighted by atomic mass is 16.2. The third-order valence-electron chi connectivity index (χ3n) is 4.60. The summed E-state index contributed by atoms with van der Waals surface area (Å²) < 4.78 is 0. The SMILES string of the molecule is Cc1cc2c(cc1C)N(Cc1ccccc1)C(=O)C(C(C)C)N2. The van der Waals surface area contributed by atoms with E-state index in [-0.39, 0.29) is 17.9 Å². The van der Waals surface area contributed by atoms with Crippen molar-refractivity contribution in [3.63, 3.8) is 0 Å². The lowest BCUT2D eigenvalue weighted by molar-refractivity contribution is -0.120. The Morgan fingerprint density at radius 1 is 1.09 bits per heavy atom. The van der Waals surface area contributed by atoms with E-state index < -0.39 is 0 Å². The minimum absolute atomic E-state index is 0.152. The number of carbonyl (C=O) groups excluding carboxylic acids is 1. The fraction of sp³-hybridized carbons (Fsp3) is 0.350. The molecule has 0 spiro atoms. The molecular weight excluding hydrogens is 284 g/mol. The fourth-order valence-electron chi connectivity index (χ4n) is 3.04. The maximum absolute atomic E-state index is 13.0. The van der Waals surface area contributed by atoms with E-state index in [1.54, 1.807) is 0 Å². The highest BCUT2D eigenvalue weighted by molar-refractivity contribution is 6.05. The predicted molar refractivity (Wildman–Crippen MR) is 95.8 cm³/mol. The summed E-state index contributed by atoms with van der Waals surface area (Å²) in [5, 5.41) is 3.44. The third kappa shape index (κ3) is 2.96. The van der Waals surface area contributed by atoms with Crippen LogP contribution in [0.2, 0.25) is 0 Å². The number of nitrogens with zero attached hydrogens (tertiary/aromatic N) is 1. The van der Waals surface area contributed by atoms with E-state index in [0.717, 1.165) is 16.9 Å². The Balaban J connectivity index is 2.05. The number of hydrogen-bond acceptors (Lipinski definition) is 2. The first-order chi connectivity index (χ1) is 11.0. The van der Waals surface area contributed by atoms with Gasteiger partial charge in [-0.2, -0.15) is 0 Å². The van der Waals surface area contributed by atoms with Crippen molar-refractivity contribution in [3.05, 3.63) is 59.2 Å². The molecule has 0 fully saturated rings. The van der Waals surface area contributed by atoms with E-state index in [9.17, 15) is 4.79 Å². The average Bonchev–Trinajstić information content (AvgIpc) is 2.52. The van der Waals surface area contributed by atoms with Gasteiger partial charge in [-0.1, -0.05) is 44.2 Å². The number of fused-ring (bicyclic) bond motifs is 1. The molecule has 23 heavy (non-hydrogen) atoms. The predicted octanol–water partition coefficient (Wildman–Crippen LogP) is 4.29. The van der Waals surface area contributed by atoms with Crippen molar-refractivity contribution in [2.24, 2.45) is 5.92 Å². The zero-order chi connectivity index (χ0) is 16.6. The zero-order valence-corrected chi connectivity index (χ0v) is 14.3. The van der Waals surface area contributed by atoms with Gasteiger partial charge in [0.15, 0.2) is 0 Å². The van der Waals surface area contributed by atoms with Gasteiger partial charge >= 0.3 is 0 Å². The molecule has 1 N–H and O–H groups in total. The summed E-state index contributed by atoms with van der Waals surface area (Å²) in [5.74, 6) is 0.398. The highest BCUT2D eigenvalue weighted by Gasteiger charge is 2.34. The van der Waals surface area contributed by atoms with Crippen LogP contribution in [-0.2, 0) is 11.3 Å². The summed E-state index contributed by atoms with van der Waals surface area (Å²) >= 11 is 0. The van der Waals surface area contributed by atoms with Crippen molar-refractivity contribution < 1.29 is 4.79 Å². The first kappa shape index (κ1) is 15.6. The number of rotatable bonds is 3. The van der Waals surface area contributed by atoms with Crippen LogP contribution in [0.25, 0.3) is 0 Å². The number of amides is 1. The topological polar surface area (TPSA) is 32.3 Å². The Labute approximate surface area is 138 Å². The first-order valence-corrected chi connectivity index (χ1v) is 8.20. The van der Waals surface area contributed by atoms with Gasteiger partial charge in [0.05, 0.1) is 17.9 Å². The normalized spacial score (nSPS) is 17.2. The second-order valence-corrected chi connectivity index (χ2v) is 6.73. The van der Waals surface area contributed by atoms with Crippen LogP contribution in [0.1, 0.15) is 30.5 Å². The standard InChI is InChI=1S/C20H24N2O/c1-13(2)19-20(23)22(12-16-8-6-5-7-9-16)18-11-15(4)14(3)10-17(18)21-19/h5-11,13,19,21H,12H2,1-4H3. The molecule has 1 aliphatic heterocycles. The molecule has 2 aromatic carbocycles. The number of nitrogens with one attached hydrogen (secondary N) is 1. The quantitative estimate of drug-likeness (QED) is 0.917. The van der Waals surface area contributed by atoms with Gasteiger partial charge in [0.1, 0.15) is 6.04 Å². The Morgan fingerprint density at radius 3 is 2.39 bits per heavy atom. The van der Waals surface area contributed by atoms with Crippen LogP contribution in [0.15, 0.2) is 42.5 Å². The van der Waals surface area contributed by atoms with E-state index in [2.05, 4.69) is 57.3 Å². The van der Waals surface area contributed by atoms with Crippen LogP contribution in [0.3, 0.4) is 0 Å². The second-order valence-electron chi connectivity index (χ2n) is 6.73. The molecule has 1 heterocycles. The van der Waals surface area contributed by atoms with E-state index in [0.29, 0.717) is 6.54 Å². The smallest absolute Gasteiger partial charge is 0.250 e. The van der Waals surface area contributed by atoms with Crippen molar-refractivity contribution in [2.75, 3.05) is 10.2 Å². The van der Waals surface area contributed by atoms with E-state index in [1.165, 1.54) is 11.1 Å². The number of anilines is 2. The molecule has 3 nitrogen and oxygen atoms in total. The van der Waals surface area contributed by atoms with Crippen molar-refractivity contribution >= 4 is 17.3 Å².